The summed E-state index contributed by atoms with van der Waals surface area (Å²) in [5.41, 5.74) is 2.47. The Morgan fingerprint density at radius 1 is 0.938 bits per heavy atom. The van der Waals surface area contributed by atoms with Crippen molar-refractivity contribution < 1.29 is 0 Å². The van der Waals surface area contributed by atoms with E-state index in [9.17, 15) is 0 Å². The SMILES string of the molecule is Cc1ccc(C#CC2CCCCCC2)cc1. The highest BCUT2D eigenvalue weighted by Gasteiger charge is 2.08. The molecule has 1 aliphatic carbocycles. The molecule has 0 spiro atoms. The van der Waals surface area contributed by atoms with Gasteiger partial charge in [-0.3, -0.25) is 0 Å². The molecule has 1 aromatic rings. The Balaban J connectivity index is 1.99. The topological polar surface area (TPSA) is 0 Å². The third kappa shape index (κ3) is 3.42. The first-order valence-corrected chi connectivity index (χ1v) is 6.43. The van der Waals surface area contributed by atoms with Gasteiger partial charge in [-0.1, -0.05) is 55.2 Å². The molecule has 0 unspecified atom stereocenters. The number of hydrogen-bond donors (Lipinski definition) is 0. The molecule has 0 heteroatoms. The Bertz CT molecular complexity index is 367. The van der Waals surface area contributed by atoms with Crippen LogP contribution in [-0.4, -0.2) is 0 Å². The van der Waals surface area contributed by atoms with Crippen LogP contribution in [0.4, 0.5) is 0 Å². The summed E-state index contributed by atoms with van der Waals surface area (Å²) >= 11 is 0. The van der Waals surface area contributed by atoms with Crippen molar-refractivity contribution in [1.29, 1.82) is 0 Å². The highest BCUT2D eigenvalue weighted by atomic mass is 14.1. The number of rotatable bonds is 0. The van der Waals surface area contributed by atoms with Crippen LogP contribution in [-0.2, 0) is 0 Å². The molecule has 84 valence electrons. The Labute approximate surface area is 99.1 Å². The van der Waals surface area contributed by atoms with Crippen LogP contribution in [0.15, 0.2) is 24.3 Å². The fourth-order valence-electron chi connectivity index (χ4n) is 2.25. The molecule has 0 heterocycles. The standard InChI is InChI=1S/C16H20/c1-14-8-10-16(11-9-14)13-12-15-6-4-2-3-5-7-15/h8-11,15H,2-7H2,1H3. The van der Waals surface area contributed by atoms with Gasteiger partial charge in [0.1, 0.15) is 0 Å². The smallest absolute Gasteiger partial charge is 0.0245 e. The van der Waals surface area contributed by atoms with E-state index in [0.29, 0.717) is 5.92 Å². The number of hydrogen-bond acceptors (Lipinski definition) is 0. The Morgan fingerprint density at radius 2 is 1.56 bits per heavy atom. The summed E-state index contributed by atoms with van der Waals surface area (Å²) in [4.78, 5) is 0. The Hall–Kier alpha value is -1.22. The summed E-state index contributed by atoms with van der Waals surface area (Å²) in [7, 11) is 0. The molecule has 0 amide bonds. The summed E-state index contributed by atoms with van der Waals surface area (Å²) in [5, 5.41) is 0. The van der Waals surface area contributed by atoms with Crippen LogP contribution in [0.1, 0.15) is 49.7 Å². The van der Waals surface area contributed by atoms with Gasteiger partial charge in [0.2, 0.25) is 0 Å². The lowest BCUT2D eigenvalue weighted by Gasteiger charge is -2.03. The summed E-state index contributed by atoms with van der Waals surface area (Å²) in [5.74, 6) is 7.41. The van der Waals surface area contributed by atoms with Crippen molar-refractivity contribution in [3.8, 4) is 11.8 Å². The van der Waals surface area contributed by atoms with E-state index in [1.165, 1.54) is 44.1 Å². The lowest BCUT2D eigenvalue weighted by molar-refractivity contribution is 0.577. The third-order valence-electron chi connectivity index (χ3n) is 3.33. The van der Waals surface area contributed by atoms with Crippen LogP contribution < -0.4 is 0 Å². The molecule has 2 rings (SSSR count). The molecular weight excluding hydrogens is 192 g/mol. The average molecular weight is 212 g/mol. The molecule has 1 saturated carbocycles. The summed E-state index contributed by atoms with van der Waals surface area (Å²) in [6.07, 6.45) is 8.16. The van der Waals surface area contributed by atoms with Crippen molar-refractivity contribution in [1.82, 2.24) is 0 Å². The van der Waals surface area contributed by atoms with Gasteiger partial charge in [0, 0.05) is 11.5 Å². The van der Waals surface area contributed by atoms with Gasteiger partial charge in [-0.05, 0) is 31.9 Å². The van der Waals surface area contributed by atoms with Gasteiger partial charge in [-0.25, -0.2) is 0 Å². The fraction of sp³-hybridized carbons (Fsp3) is 0.500. The first-order chi connectivity index (χ1) is 7.84. The van der Waals surface area contributed by atoms with Gasteiger partial charge < -0.3 is 0 Å². The Morgan fingerprint density at radius 3 is 2.19 bits per heavy atom. The van der Waals surface area contributed by atoms with Crippen LogP contribution in [0.25, 0.3) is 0 Å². The van der Waals surface area contributed by atoms with E-state index < -0.39 is 0 Å². The zero-order valence-electron chi connectivity index (χ0n) is 10.1. The third-order valence-corrected chi connectivity index (χ3v) is 3.33. The minimum absolute atomic E-state index is 0.642. The van der Waals surface area contributed by atoms with E-state index >= 15 is 0 Å². The van der Waals surface area contributed by atoms with E-state index in [2.05, 4.69) is 43.0 Å². The quantitative estimate of drug-likeness (QED) is 0.444. The molecule has 0 aliphatic heterocycles. The van der Waals surface area contributed by atoms with Gasteiger partial charge >= 0.3 is 0 Å². The molecular formula is C16H20. The predicted molar refractivity (Wildman–Crippen MR) is 69.2 cm³/mol. The molecule has 0 atom stereocenters. The zero-order chi connectivity index (χ0) is 11.2. The van der Waals surface area contributed by atoms with Gasteiger partial charge in [0.25, 0.3) is 0 Å². The molecule has 0 aromatic heterocycles. The van der Waals surface area contributed by atoms with Crippen LogP contribution in [0.2, 0.25) is 0 Å². The maximum absolute atomic E-state index is 3.45. The molecule has 16 heavy (non-hydrogen) atoms. The molecule has 0 radical (unpaired) electrons. The first-order valence-electron chi connectivity index (χ1n) is 6.43. The van der Waals surface area contributed by atoms with Gasteiger partial charge in [-0.15, -0.1) is 0 Å². The molecule has 1 fully saturated rings. The second-order valence-corrected chi connectivity index (χ2v) is 4.82. The molecule has 0 saturated heterocycles. The molecule has 0 N–H and O–H groups in total. The van der Waals surface area contributed by atoms with Crippen LogP contribution in [0.3, 0.4) is 0 Å². The number of aryl methyl sites for hydroxylation is 1. The lowest BCUT2D eigenvalue weighted by Crippen LogP contribution is -1.93. The predicted octanol–water partition coefficient (Wildman–Crippen LogP) is 4.32. The van der Waals surface area contributed by atoms with E-state index in [4.69, 9.17) is 0 Å². The zero-order valence-corrected chi connectivity index (χ0v) is 10.1. The van der Waals surface area contributed by atoms with E-state index in [1.54, 1.807) is 0 Å². The lowest BCUT2D eigenvalue weighted by atomic mass is 10.0. The summed E-state index contributed by atoms with van der Waals surface area (Å²) in [6, 6.07) is 8.52. The van der Waals surface area contributed by atoms with Crippen molar-refractivity contribution in [2.75, 3.05) is 0 Å². The van der Waals surface area contributed by atoms with Gasteiger partial charge in [-0.2, -0.15) is 0 Å². The second kappa shape index (κ2) is 5.75. The highest BCUT2D eigenvalue weighted by Crippen LogP contribution is 2.22. The van der Waals surface area contributed by atoms with Crippen molar-refractivity contribution in [2.45, 2.75) is 45.4 Å². The first kappa shape index (κ1) is 11.3. The van der Waals surface area contributed by atoms with Crippen molar-refractivity contribution in [3.63, 3.8) is 0 Å². The van der Waals surface area contributed by atoms with Crippen molar-refractivity contribution >= 4 is 0 Å². The summed E-state index contributed by atoms with van der Waals surface area (Å²) in [6.45, 7) is 2.11. The van der Waals surface area contributed by atoms with Crippen LogP contribution >= 0.6 is 0 Å². The molecule has 1 aromatic carbocycles. The fourth-order valence-corrected chi connectivity index (χ4v) is 2.25. The molecule has 1 aliphatic rings. The van der Waals surface area contributed by atoms with Crippen LogP contribution in [0.5, 0.6) is 0 Å². The highest BCUT2D eigenvalue weighted by molar-refractivity contribution is 5.36. The van der Waals surface area contributed by atoms with E-state index in [-0.39, 0.29) is 0 Å². The minimum atomic E-state index is 0.642. The normalized spacial score (nSPS) is 17.3. The average Bonchev–Trinajstić information content (AvgIpc) is 2.57. The Kier molecular flexibility index (Phi) is 4.05. The maximum Gasteiger partial charge on any atom is 0.0245 e. The van der Waals surface area contributed by atoms with E-state index in [0.717, 1.165) is 5.56 Å². The largest absolute Gasteiger partial charge is 0.0945 e. The van der Waals surface area contributed by atoms with Crippen molar-refractivity contribution in [3.05, 3.63) is 35.4 Å². The molecule has 0 bridgehead atoms. The summed E-state index contributed by atoms with van der Waals surface area (Å²) < 4.78 is 0. The van der Waals surface area contributed by atoms with Gasteiger partial charge in [0.15, 0.2) is 0 Å². The second-order valence-electron chi connectivity index (χ2n) is 4.82. The maximum atomic E-state index is 3.45. The van der Waals surface area contributed by atoms with Crippen molar-refractivity contribution in [2.24, 2.45) is 5.92 Å². The molecule has 0 nitrogen and oxygen atoms in total. The minimum Gasteiger partial charge on any atom is -0.0945 e. The monoisotopic (exact) mass is 212 g/mol. The van der Waals surface area contributed by atoms with Gasteiger partial charge in [0.05, 0.1) is 0 Å². The van der Waals surface area contributed by atoms with E-state index in [1.807, 2.05) is 0 Å². The number of benzene rings is 1. The van der Waals surface area contributed by atoms with Crippen LogP contribution in [0, 0.1) is 24.7 Å².